The topological polar surface area (TPSA) is 50.8 Å². The minimum atomic E-state index is -0.648. The lowest BCUT2D eigenvalue weighted by molar-refractivity contribution is -0.157. The zero-order valence-corrected chi connectivity index (χ0v) is 17.1. The molecule has 0 radical (unpaired) electrons. The molecule has 2 aromatic carbocycles. The first kappa shape index (κ1) is 20.9. The van der Waals surface area contributed by atoms with Gasteiger partial charge in [0.2, 0.25) is 0 Å². The minimum absolute atomic E-state index is 0.0178. The maximum Gasteiger partial charge on any atom is 0.252 e. The largest absolute Gasteiger partial charge is 0.377 e. The number of amides is 1. The van der Waals surface area contributed by atoms with Crippen LogP contribution in [-0.2, 0) is 20.7 Å². The van der Waals surface area contributed by atoms with Crippen molar-refractivity contribution in [2.24, 2.45) is 0 Å². The van der Waals surface area contributed by atoms with Crippen molar-refractivity contribution in [2.45, 2.75) is 37.1 Å². The van der Waals surface area contributed by atoms with Gasteiger partial charge in [0.1, 0.15) is 17.7 Å². The number of carbonyl (C=O) groups excluding carboxylic acids is 1. The molecule has 7 heteroatoms. The highest BCUT2D eigenvalue weighted by atomic mass is 19.1. The number of nitrogens with zero attached hydrogens (tertiary/aromatic N) is 1. The zero-order chi connectivity index (χ0) is 21.3. The number of rotatable bonds is 4. The van der Waals surface area contributed by atoms with E-state index in [1.165, 1.54) is 18.2 Å². The summed E-state index contributed by atoms with van der Waals surface area (Å²) in [7, 11) is 3.45. The average Bonchev–Trinajstić information content (AvgIpc) is 2.78. The van der Waals surface area contributed by atoms with Crippen molar-refractivity contribution < 1.29 is 23.0 Å². The van der Waals surface area contributed by atoms with E-state index < -0.39 is 12.1 Å². The summed E-state index contributed by atoms with van der Waals surface area (Å²) in [6.07, 6.45) is 0.237. The number of fused-ring (bicyclic) bond motifs is 1. The van der Waals surface area contributed by atoms with Gasteiger partial charge in [-0.05, 0) is 42.8 Å². The molecule has 5 nitrogen and oxygen atoms in total. The fourth-order valence-corrected chi connectivity index (χ4v) is 4.53. The third-order valence-electron chi connectivity index (χ3n) is 6.15. The second kappa shape index (κ2) is 8.79. The van der Waals surface area contributed by atoms with Crippen LogP contribution in [-0.4, -0.2) is 56.4 Å². The first-order valence-corrected chi connectivity index (χ1v) is 10.2. The Morgan fingerprint density at radius 2 is 1.97 bits per heavy atom. The van der Waals surface area contributed by atoms with Crippen LogP contribution in [0, 0.1) is 11.6 Å². The Morgan fingerprint density at radius 1 is 1.20 bits per heavy atom. The second-order valence-electron chi connectivity index (χ2n) is 7.78. The average molecular weight is 416 g/mol. The van der Waals surface area contributed by atoms with Crippen molar-refractivity contribution in [3.05, 3.63) is 70.8 Å². The molecule has 2 aromatic rings. The van der Waals surface area contributed by atoms with E-state index in [0.717, 1.165) is 5.56 Å². The van der Waals surface area contributed by atoms with Gasteiger partial charge >= 0.3 is 0 Å². The van der Waals surface area contributed by atoms with Gasteiger partial charge in [-0.3, -0.25) is 4.79 Å². The standard InChI is InChI=1S/C23H26F2N2O3/c1-26-18-12-19(30-13-20(18)29-2)23(28)27-11-10-14-4-3-5-17(25)21(14)22(27)15-6-8-16(24)9-7-15/h3-9,18-20,22,26H,10-13H2,1-2H3/t18-,19+,20-,22-/m0/s1. The van der Waals surface area contributed by atoms with Crippen molar-refractivity contribution in [1.82, 2.24) is 10.2 Å². The van der Waals surface area contributed by atoms with Gasteiger partial charge in [0.25, 0.3) is 5.91 Å². The van der Waals surface area contributed by atoms with Crippen molar-refractivity contribution >= 4 is 5.91 Å². The van der Waals surface area contributed by atoms with Crippen molar-refractivity contribution in [3.63, 3.8) is 0 Å². The Bertz CT molecular complexity index is 906. The summed E-state index contributed by atoms with van der Waals surface area (Å²) in [6.45, 7) is 0.744. The highest BCUT2D eigenvalue weighted by Crippen LogP contribution is 2.38. The van der Waals surface area contributed by atoms with Gasteiger partial charge < -0.3 is 19.7 Å². The van der Waals surface area contributed by atoms with E-state index in [9.17, 15) is 13.6 Å². The lowest BCUT2D eigenvalue weighted by atomic mass is 9.87. The molecule has 30 heavy (non-hydrogen) atoms. The molecule has 1 N–H and O–H groups in total. The molecule has 2 heterocycles. The highest BCUT2D eigenvalue weighted by molar-refractivity contribution is 5.82. The first-order chi connectivity index (χ1) is 14.5. The number of nitrogens with one attached hydrogen (secondary N) is 1. The summed E-state index contributed by atoms with van der Waals surface area (Å²) in [5.74, 6) is -0.927. The normalized spacial score (nSPS) is 26.3. The van der Waals surface area contributed by atoms with Gasteiger partial charge in [0.05, 0.1) is 18.8 Å². The number of hydrogen-bond donors (Lipinski definition) is 1. The summed E-state index contributed by atoms with van der Waals surface area (Å²) in [5, 5.41) is 3.19. The van der Waals surface area contributed by atoms with E-state index in [1.807, 2.05) is 13.1 Å². The van der Waals surface area contributed by atoms with E-state index in [-0.39, 0.29) is 29.7 Å². The molecule has 0 saturated carbocycles. The monoisotopic (exact) mass is 416 g/mol. The Balaban J connectivity index is 1.68. The van der Waals surface area contributed by atoms with Crippen LogP contribution < -0.4 is 5.32 Å². The first-order valence-electron chi connectivity index (χ1n) is 10.2. The lowest BCUT2D eigenvalue weighted by Gasteiger charge is -2.42. The van der Waals surface area contributed by atoms with Crippen LogP contribution in [0.5, 0.6) is 0 Å². The molecule has 1 fully saturated rings. The molecular formula is C23H26F2N2O3. The molecule has 0 bridgehead atoms. The fourth-order valence-electron chi connectivity index (χ4n) is 4.53. The molecule has 0 aliphatic carbocycles. The third kappa shape index (κ3) is 3.85. The van der Waals surface area contributed by atoms with Crippen molar-refractivity contribution in [2.75, 3.05) is 27.3 Å². The van der Waals surface area contributed by atoms with Crippen LogP contribution in [0.4, 0.5) is 8.78 Å². The second-order valence-corrected chi connectivity index (χ2v) is 7.78. The highest BCUT2D eigenvalue weighted by Gasteiger charge is 2.41. The van der Waals surface area contributed by atoms with E-state index in [4.69, 9.17) is 9.47 Å². The predicted octanol–water partition coefficient (Wildman–Crippen LogP) is 2.83. The third-order valence-corrected chi connectivity index (χ3v) is 6.15. The zero-order valence-electron chi connectivity index (χ0n) is 17.1. The summed E-state index contributed by atoms with van der Waals surface area (Å²) < 4.78 is 39.7. The van der Waals surface area contributed by atoms with E-state index in [1.54, 1.807) is 30.2 Å². The number of likely N-dealkylation sites (N-methyl/N-ethyl adjacent to an activating group) is 1. The van der Waals surface area contributed by atoms with Gasteiger partial charge in [-0.1, -0.05) is 24.3 Å². The molecule has 4 rings (SSSR count). The van der Waals surface area contributed by atoms with Gasteiger partial charge in [0, 0.05) is 31.7 Å². The Labute approximate surface area is 175 Å². The van der Waals surface area contributed by atoms with Crippen LogP contribution in [0.2, 0.25) is 0 Å². The maximum absolute atomic E-state index is 14.9. The number of carbonyl (C=O) groups is 1. The lowest BCUT2D eigenvalue weighted by Crippen LogP contribution is -2.55. The molecule has 4 atom stereocenters. The summed E-state index contributed by atoms with van der Waals surface area (Å²) >= 11 is 0. The molecule has 2 aliphatic heterocycles. The van der Waals surface area contributed by atoms with Gasteiger partial charge in [-0.25, -0.2) is 8.78 Å². The van der Waals surface area contributed by atoms with Crippen LogP contribution >= 0.6 is 0 Å². The van der Waals surface area contributed by atoms with Crippen LogP contribution in [0.15, 0.2) is 42.5 Å². The van der Waals surface area contributed by atoms with Crippen molar-refractivity contribution in [1.29, 1.82) is 0 Å². The summed E-state index contributed by atoms with van der Waals surface area (Å²) in [5.41, 5.74) is 2.01. The van der Waals surface area contributed by atoms with E-state index in [2.05, 4.69) is 5.32 Å². The van der Waals surface area contributed by atoms with Crippen LogP contribution in [0.25, 0.3) is 0 Å². The molecule has 2 aliphatic rings. The van der Waals surface area contributed by atoms with Crippen LogP contribution in [0.3, 0.4) is 0 Å². The summed E-state index contributed by atoms with van der Waals surface area (Å²) in [4.78, 5) is 15.2. The van der Waals surface area contributed by atoms with E-state index >= 15 is 0 Å². The van der Waals surface area contributed by atoms with Gasteiger partial charge in [0.15, 0.2) is 0 Å². The molecule has 0 spiro atoms. The Kier molecular flexibility index (Phi) is 6.13. The number of hydrogen-bond acceptors (Lipinski definition) is 4. The molecule has 0 aromatic heterocycles. The number of ether oxygens (including phenoxy) is 2. The number of benzene rings is 2. The predicted molar refractivity (Wildman–Crippen MR) is 108 cm³/mol. The minimum Gasteiger partial charge on any atom is -0.377 e. The molecular weight excluding hydrogens is 390 g/mol. The molecule has 0 unspecified atom stereocenters. The van der Waals surface area contributed by atoms with Gasteiger partial charge in [-0.2, -0.15) is 0 Å². The SMILES string of the molecule is CN[C@H]1C[C@H](C(=O)N2CCc3cccc(F)c3[C@@H]2c2ccc(F)cc2)OC[C@@H]1OC. The van der Waals surface area contributed by atoms with Crippen LogP contribution in [0.1, 0.15) is 29.2 Å². The fraction of sp³-hybridized carbons (Fsp3) is 0.435. The quantitative estimate of drug-likeness (QED) is 0.833. The maximum atomic E-state index is 14.9. The van der Waals surface area contributed by atoms with Gasteiger partial charge in [-0.15, -0.1) is 0 Å². The van der Waals surface area contributed by atoms with Crippen molar-refractivity contribution in [3.8, 4) is 0 Å². The number of halogens is 2. The molecule has 1 amide bonds. The Hall–Kier alpha value is -2.35. The number of methoxy groups -OCH3 is 1. The molecule has 1 saturated heterocycles. The summed E-state index contributed by atoms with van der Waals surface area (Å²) in [6, 6.07) is 10.2. The van der Waals surface area contributed by atoms with E-state index in [0.29, 0.717) is 37.1 Å². The molecule has 160 valence electrons. The smallest absolute Gasteiger partial charge is 0.252 e. The Morgan fingerprint density at radius 3 is 2.67 bits per heavy atom.